The van der Waals surface area contributed by atoms with Crippen molar-refractivity contribution in [1.82, 2.24) is 9.55 Å². The molecule has 88 valence electrons. The fourth-order valence-electron chi connectivity index (χ4n) is 1.72. The Morgan fingerprint density at radius 1 is 1.47 bits per heavy atom. The average Bonchev–Trinajstić information content (AvgIpc) is 2.82. The Morgan fingerprint density at radius 3 is 2.88 bits per heavy atom. The van der Waals surface area contributed by atoms with Gasteiger partial charge in [-0.2, -0.15) is 0 Å². The van der Waals surface area contributed by atoms with E-state index in [-0.39, 0.29) is 5.91 Å². The first-order valence-corrected chi connectivity index (χ1v) is 5.35. The summed E-state index contributed by atoms with van der Waals surface area (Å²) < 4.78 is 6.66. The van der Waals surface area contributed by atoms with Gasteiger partial charge in [0.15, 0.2) is 0 Å². The van der Waals surface area contributed by atoms with Crippen LogP contribution in [0.15, 0.2) is 36.9 Å². The van der Waals surface area contributed by atoms with E-state index in [4.69, 9.17) is 4.74 Å². The number of hydrogen-bond acceptors (Lipinski definition) is 3. The number of hydrogen-bond donors (Lipinski definition) is 0. The maximum absolute atomic E-state index is 11.8. The average molecular weight is 230 g/mol. The number of imidazole rings is 1. The van der Waals surface area contributed by atoms with Gasteiger partial charge in [-0.15, -0.1) is 0 Å². The SMILES string of the molecule is COc1ccc(CC(=O)n2ccnc2)cc1C. The van der Waals surface area contributed by atoms with Gasteiger partial charge in [0.1, 0.15) is 12.1 Å². The van der Waals surface area contributed by atoms with Crippen LogP contribution in [0.1, 0.15) is 15.9 Å². The Kier molecular flexibility index (Phi) is 3.23. The van der Waals surface area contributed by atoms with E-state index in [9.17, 15) is 4.79 Å². The van der Waals surface area contributed by atoms with Crippen molar-refractivity contribution in [2.75, 3.05) is 7.11 Å². The molecule has 0 bridgehead atoms. The Morgan fingerprint density at radius 2 is 2.29 bits per heavy atom. The third kappa shape index (κ3) is 2.53. The van der Waals surface area contributed by atoms with Gasteiger partial charge in [0.2, 0.25) is 5.91 Å². The van der Waals surface area contributed by atoms with Gasteiger partial charge in [-0.1, -0.05) is 12.1 Å². The topological polar surface area (TPSA) is 44.1 Å². The monoisotopic (exact) mass is 230 g/mol. The summed E-state index contributed by atoms with van der Waals surface area (Å²) in [5.74, 6) is 0.843. The number of rotatable bonds is 3. The summed E-state index contributed by atoms with van der Waals surface area (Å²) in [5.41, 5.74) is 2.01. The molecule has 0 saturated carbocycles. The summed E-state index contributed by atoms with van der Waals surface area (Å²) in [7, 11) is 1.64. The molecule has 1 aromatic heterocycles. The fourth-order valence-corrected chi connectivity index (χ4v) is 1.72. The number of methoxy groups -OCH3 is 1. The van der Waals surface area contributed by atoms with E-state index in [1.54, 1.807) is 19.5 Å². The number of aryl methyl sites for hydroxylation is 1. The van der Waals surface area contributed by atoms with E-state index in [1.165, 1.54) is 10.9 Å². The molecular formula is C13H14N2O2. The molecule has 17 heavy (non-hydrogen) atoms. The fraction of sp³-hybridized carbons (Fsp3) is 0.231. The molecule has 0 saturated heterocycles. The van der Waals surface area contributed by atoms with Gasteiger partial charge in [0.05, 0.1) is 13.5 Å². The van der Waals surface area contributed by atoms with Crippen LogP contribution < -0.4 is 4.74 Å². The van der Waals surface area contributed by atoms with Crippen molar-refractivity contribution in [2.24, 2.45) is 0 Å². The van der Waals surface area contributed by atoms with Crippen LogP contribution in [0.5, 0.6) is 5.75 Å². The van der Waals surface area contributed by atoms with Gasteiger partial charge in [-0.25, -0.2) is 4.98 Å². The van der Waals surface area contributed by atoms with Crippen LogP contribution in [0.4, 0.5) is 0 Å². The highest BCUT2D eigenvalue weighted by atomic mass is 16.5. The van der Waals surface area contributed by atoms with Gasteiger partial charge < -0.3 is 4.74 Å². The van der Waals surface area contributed by atoms with Crippen LogP contribution in [0.3, 0.4) is 0 Å². The molecule has 0 atom stereocenters. The maximum atomic E-state index is 11.8. The van der Waals surface area contributed by atoms with Gasteiger partial charge in [0.25, 0.3) is 0 Å². The highest BCUT2D eigenvalue weighted by molar-refractivity contribution is 5.81. The number of benzene rings is 1. The summed E-state index contributed by atoms with van der Waals surface area (Å²) in [6.07, 6.45) is 5.12. The molecule has 1 aromatic carbocycles. The first-order valence-electron chi connectivity index (χ1n) is 5.35. The largest absolute Gasteiger partial charge is 0.496 e. The summed E-state index contributed by atoms with van der Waals surface area (Å²) in [6, 6.07) is 5.75. The molecule has 0 aliphatic rings. The van der Waals surface area contributed by atoms with Crippen molar-refractivity contribution in [3.63, 3.8) is 0 Å². The quantitative estimate of drug-likeness (QED) is 0.810. The molecule has 4 nitrogen and oxygen atoms in total. The van der Waals surface area contributed by atoms with Crippen LogP contribution in [-0.4, -0.2) is 22.6 Å². The zero-order valence-electron chi connectivity index (χ0n) is 9.88. The second kappa shape index (κ2) is 4.82. The minimum absolute atomic E-state index is 0.00654. The van der Waals surface area contributed by atoms with E-state index in [2.05, 4.69) is 4.98 Å². The molecule has 0 radical (unpaired) electrons. The third-order valence-corrected chi connectivity index (χ3v) is 2.61. The molecule has 0 fully saturated rings. The van der Waals surface area contributed by atoms with E-state index in [0.717, 1.165) is 16.9 Å². The van der Waals surface area contributed by atoms with Crippen molar-refractivity contribution >= 4 is 5.91 Å². The van der Waals surface area contributed by atoms with Crippen molar-refractivity contribution in [1.29, 1.82) is 0 Å². The van der Waals surface area contributed by atoms with Gasteiger partial charge in [0, 0.05) is 12.4 Å². The highest BCUT2D eigenvalue weighted by Crippen LogP contribution is 2.18. The summed E-state index contributed by atoms with van der Waals surface area (Å²) in [5, 5.41) is 0. The molecule has 0 amide bonds. The molecule has 2 rings (SSSR count). The second-order valence-corrected chi connectivity index (χ2v) is 3.84. The van der Waals surface area contributed by atoms with E-state index >= 15 is 0 Å². The normalized spacial score (nSPS) is 10.2. The molecule has 0 aliphatic heterocycles. The van der Waals surface area contributed by atoms with E-state index in [1.807, 2.05) is 25.1 Å². The van der Waals surface area contributed by atoms with Crippen molar-refractivity contribution in [3.05, 3.63) is 48.0 Å². The molecule has 0 aliphatic carbocycles. The number of ether oxygens (including phenoxy) is 1. The predicted octanol–water partition coefficient (Wildman–Crippen LogP) is 2.08. The Balaban J connectivity index is 2.14. The standard InChI is InChI=1S/C13H14N2O2/c1-10-7-11(3-4-12(10)17-2)8-13(16)15-6-5-14-9-15/h3-7,9H,8H2,1-2H3. The summed E-state index contributed by atoms with van der Waals surface area (Å²) >= 11 is 0. The van der Waals surface area contributed by atoms with Crippen molar-refractivity contribution < 1.29 is 9.53 Å². The molecule has 1 heterocycles. The van der Waals surface area contributed by atoms with Crippen LogP contribution in [0.2, 0.25) is 0 Å². The van der Waals surface area contributed by atoms with Gasteiger partial charge >= 0.3 is 0 Å². The number of nitrogens with zero attached hydrogens (tertiary/aromatic N) is 2. The van der Waals surface area contributed by atoms with E-state index in [0.29, 0.717) is 6.42 Å². The minimum Gasteiger partial charge on any atom is -0.496 e. The molecule has 0 unspecified atom stereocenters. The second-order valence-electron chi connectivity index (χ2n) is 3.84. The highest BCUT2D eigenvalue weighted by Gasteiger charge is 2.07. The number of carbonyl (C=O) groups excluding carboxylic acids is 1. The van der Waals surface area contributed by atoms with Crippen molar-refractivity contribution in [3.8, 4) is 5.75 Å². The molecular weight excluding hydrogens is 216 g/mol. The summed E-state index contributed by atoms with van der Waals surface area (Å²) in [6.45, 7) is 1.96. The van der Waals surface area contributed by atoms with Crippen LogP contribution in [0, 0.1) is 6.92 Å². The molecule has 0 spiro atoms. The van der Waals surface area contributed by atoms with Gasteiger partial charge in [-0.3, -0.25) is 9.36 Å². The lowest BCUT2D eigenvalue weighted by Crippen LogP contribution is -2.11. The predicted molar refractivity (Wildman–Crippen MR) is 64.3 cm³/mol. The molecule has 0 N–H and O–H groups in total. The first kappa shape index (κ1) is 11.4. The molecule has 2 aromatic rings. The van der Waals surface area contributed by atoms with Crippen LogP contribution in [-0.2, 0) is 6.42 Å². The Labute approximate surface area is 99.9 Å². The zero-order chi connectivity index (χ0) is 12.3. The van der Waals surface area contributed by atoms with Crippen molar-refractivity contribution in [2.45, 2.75) is 13.3 Å². The third-order valence-electron chi connectivity index (χ3n) is 2.61. The number of aromatic nitrogens is 2. The van der Waals surface area contributed by atoms with Crippen LogP contribution >= 0.6 is 0 Å². The lowest BCUT2D eigenvalue weighted by atomic mass is 10.1. The summed E-state index contributed by atoms with van der Waals surface area (Å²) in [4.78, 5) is 15.7. The Hall–Kier alpha value is -2.10. The minimum atomic E-state index is 0.00654. The van der Waals surface area contributed by atoms with E-state index < -0.39 is 0 Å². The lowest BCUT2D eigenvalue weighted by molar-refractivity contribution is 0.0914. The van der Waals surface area contributed by atoms with Gasteiger partial charge in [-0.05, 0) is 24.1 Å². The lowest BCUT2D eigenvalue weighted by Gasteiger charge is -2.07. The number of carbonyl (C=O) groups is 1. The van der Waals surface area contributed by atoms with Crippen LogP contribution in [0.25, 0.3) is 0 Å². The first-order chi connectivity index (χ1) is 8.20. The molecule has 4 heteroatoms. The smallest absolute Gasteiger partial charge is 0.236 e. The maximum Gasteiger partial charge on any atom is 0.236 e. The zero-order valence-corrected chi connectivity index (χ0v) is 9.88. The Bertz CT molecular complexity index is 518.